The number of nitrogens with one attached hydrogen (secondary N) is 1. The fraction of sp³-hybridized carbons (Fsp3) is 0.417. The molecule has 1 aliphatic rings. The van der Waals surface area contributed by atoms with E-state index in [9.17, 15) is 22.8 Å². The molecule has 1 amide bonds. The maximum atomic E-state index is 12.4. The van der Waals surface area contributed by atoms with Gasteiger partial charge in [-0.3, -0.25) is 14.5 Å². The Balaban J connectivity index is 0.000000540. The van der Waals surface area contributed by atoms with Crippen molar-refractivity contribution in [3.63, 3.8) is 0 Å². The van der Waals surface area contributed by atoms with E-state index in [0.717, 1.165) is 37.1 Å². The normalized spacial score (nSPS) is 14.4. The second-order valence-corrected chi connectivity index (χ2v) is 8.08. The summed E-state index contributed by atoms with van der Waals surface area (Å²) in [4.78, 5) is 39.9. The van der Waals surface area contributed by atoms with Crippen LogP contribution in [0.4, 0.5) is 13.2 Å². The molecule has 0 unspecified atom stereocenters. The van der Waals surface area contributed by atoms with E-state index >= 15 is 0 Å². The SMILES string of the molecule is COc1ncccc1C(=O)NCC1CCN(CC(=O)c2ccc(C)cc2)CC1.O=C(O)C(F)(F)F. The van der Waals surface area contributed by atoms with Gasteiger partial charge in [-0.25, -0.2) is 9.78 Å². The highest BCUT2D eigenvalue weighted by Crippen LogP contribution is 2.18. The third-order valence-corrected chi connectivity index (χ3v) is 5.45. The van der Waals surface area contributed by atoms with Gasteiger partial charge in [-0.1, -0.05) is 29.8 Å². The van der Waals surface area contributed by atoms with Crippen molar-refractivity contribution in [3.05, 3.63) is 59.3 Å². The smallest absolute Gasteiger partial charge is 0.480 e. The van der Waals surface area contributed by atoms with Gasteiger partial charge >= 0.3 is 12.1 Å². The number of ketones is 1. The van der Waals surface area contributed by atoms with Crippen molar-refractivity contribution in [1.29, 1.82) is 0 Å². The molecule has 0 spiro atoms. The zero-order valence-electron chi connectivity index (χ0n) is 19.5. The van der Waals surface area contributed by atoms with Crippen molar-refractivity contribution < 1.29 is 37.4 Å². The molecule has 1 aromatic heterocycles. The predicted molar refractivity (Wildman–Crippen MR) is 121 cm³/mol. The third-order valence-electron chi connectivity index (χ3n) is 5.45. The molecule has 1 fully saturated rings. The zero-order valence-corrected chi connectivity index (χ0v) is 19.5. The highest BCUT2D eigenvalue weighted by molar-refractivity contribution is 5.97. The summed E-state index contributed by atoms with van der Waals surface area (Å²) in [5, 5.41) is 10.1. The molecule has 0 aliphatic carbocycles. The second kappa shape index (κ2) is 12.8. The molecule has 1 aliphatic heterocycles. The number of rotatable bonds is 7. The number of piperidine rings is 1. The van der Waals surface area contributed by atoms with Crippen molar-refractivity contribution >= 4 is 17.7 Å². The maximum Gasteiger partial charge on any atom is 0.490 e. The van der Waals surface area contributed by atoms with Gasteiger partial charge in [-0.15, -0.1) is 0 Å². The van der Waals surface area contributed by atoms with Crippen LogP contribution in [-0.4, -0.2) is 72.1 Å². The summed E-state index contributed by atoms with van der Waals surface area (Å²) >= 11 is 0. The van der Waals surface area contributed by atoms with Gasteiger partial charge in [0.25, 0.3) is 5.91 Å². The zero-order chi connectivity index (χ0) is 26.0. The highest BCUT2D eigenvalue weighted by atomic mass is 19.4. The molecule has 11 heteroatoms. The maximum absolute atomic E-state index is 12.4. The van der Waals surface area contributed by atoms with E-state index in [1.165, 1.54) is 7.11 Å². The first-order valence-corrected chi connectivity index (χ1v) is 10.9. The van der Waals surface area contributed by atoms with E-state index in [2.05, 4.69) is 15.2 Å². The molecular formula is C24H28F3N3O5. The van der Waals surface area contributed by atoms with Crippen LogP contribution in [-0.2, 0) is 4.79 Å². The van der Waals surface area contributed by atoms with Gasteiger partial charge in [0.1, 0.15) is 5.56 Å². The molecule has 1 saturated heterocycles. The summed E-state index contributed by atoms with van der Waals surface area (Å²) in [5.74, 6) is -2.01. The number of aryl methyl sites for hydroxylation is 1. The molecule has 1 aromatic carbocycles. The Kier molecular flexibility index (Phi) is 10.2. The Morgan fingerprint density at radius 1 is 1.14 bits per heavy atom. The number of Topliss-reactive ketones (excluding diaryl/α,β-unsaturated/α-hetero) is 1. The number of hydrogen-bond acceptors (Lipinski definition) is 6. The lowest BCUT2D eigenvalue weighted by Gasteiger charge is -2.31. The predicted octanol–water partition coefficient (Wildman–Crippen LogP) is 3.36. The number of nitrogens with zero attached hydrogens (tertiary/aromatic N) is 2. The number of aliphatic carboxylic acids is 1. The number of likely N-dealkylation sites (tertiary alicyclic amines) is 1. The summed E-state index contributed by atoms with van der Waals surface area (Å²) in [6.45, 7) is 4.83. The van der Waals surface area contributed by atoms with E-state index in [0.29, 0.717) is 30.5 Å². The molecule has 8 nitrogen and oxygen atoms in total. The third kappa shape index (κ3) is 9.01. The highest BCUT2D eigenvalue weighted by Gasteiger charge is 2.38. The molecule has 2 N–H and O–H groups in total. The first kappa shape index (κ1) is 27.8. The Labute approximate surface area is 201 Å². The fourth-order valence-corrected chi connectivity index (χ4v) is 3.44. The second-order valence-electron chi connectivity index (χ2n) is 8.08. The number of aromatic nitrogens is 1. The number of methoxy groups -OCH3 is 1. The lowest BCUT2D eigenvalue weighted by Crippen LogP contribution is -2.40. The number of carboxylic acid groups (broad SMARTS) is 1. The van der Waals surface area contributed by atoms with Gasteiger partial charge in [0.05, 0.1) is 13.7 Å². The first-order chi connectivity index (χ1) is 16.5. The van der Waals surface area contributed by atoms with E-state index in [4.69, 9.17) is 14.6 Å². The summed E-state index contributed by atoms with van der Waals surface area (Å²) < 4.78 is 36.9. The van der Waals surface area contributed by atoms with E-state index in [-0.39, 0.29) is 11.7 Å². The number of carbonyl (C=O) groups is 3. The topological polar surface area (TPSA) is 109 Å². The van der Waals surface area contributed by atoms with Crippen molar-refractivity contribution in [2.75, 3.05) is 33.3 Å². The average molecular weight is 495 g/mol. The van der Waals surface area contributed by atoms with Gasteiger partial charge in [-0.2, -0.15) is 13.2 Å². The van der Waals surface area contributed by atoms with Gasteiger partial charge in [0, 0.05) is 18.3 Å². The molecule has 0 atom stereocenters. The Hall–Kier alpha value is -3.47. The molecule has 0 bridgehead atoms. The molecule has 0 radical (unpaired) electrons. The number of alkyl halides is 3. The van der Waals surface area contributed by atoms with Gasteiger partial charge in [-0.05, 0) is 50.9 Å². The standard InChI is InChI=1S/C22H27N3O3.C2HF3O2/c1-16-5-7-18(8-6-16)20(26)15-25-12-9-17(10-13-25)14-24-21(27)19-4-3-11-23-22(19)28-2;3-2(4,5)1(6)7/h3-8,11,17H,9-10,12-15H2,1-2H3,(H,24,27);(H,6,7). The van der Waals surface area contributed by atoms with Crippen LogP contribution in [0.25, 0.3) is 0 Å². The van der Waals surface area contributed by atoms with E-state index in [1.807, 2.05) is 31.2 Å². The molecule has 3 rings (SSSR count). The van der Waals surface area contributed by atoms with Crippen LogP contribution in [0.2, 0.25) is 0 Å². The number of hydrogen-bond donors (Lipinski definition) is 2. The summed E-state index contributed by atoms with van der Waals surface area (Å²) in [6.07, 6.45) is -1.56. The largest absolute Gasteiger partial charge is 0.490 e. The molecule has 2 aromatic rings. The van der Waals surface area contributed by atoms with Gasteiger partial charge in [0.2, 0.25) is 5.88 Å². The van der Waals surface area contributed by atoms with Gasteiger partial charge in [0.15, 0.2) is 5.78 Å². The molecule has 0 saturated carbocycles. The quantitative estimate of drug-likeness (QED) is 0.567. The molecule has 2 heterocycles. The number of benzene rings is 1. The van der Waals surface area contributed by atoms with Crippen LogP contribution in [0.15, 0.2) is 42.6 Å². The van der Waals surface area contributed by atoms with Crippen LogP contribution < -0.4 is 10.1 Å². The number of ether oxygens (including phenoxy) is 1. The molecular weight excluding hydrogens is 467 g/mol. The van der Waals surface area contributed by atoms with Crippen molar-refractivity contribution in [3.8, 4) is 5.88 Å². The fourth-order valence-electron chi connectivity index (χ4n) is 3.44. The lowest BCUT2D eigenvalue weighted by molar-refractivity contribution is -0.192. The first-order valence-electron chi connectivity index (χ1n) is 10.9. The Morgan fingerprint density at radius 2 is 1.74 bits per heavy atom. The number of amides is 1. The van der Waals surface area contributed by atoms with E-state index in [1.54, 1.807) is 18.3 Å². The Morgan fingerprint density at radius 3 is 2.29 bits per heavy atom. The minimum absolute atomic E-state index is 0.162. The minimum Gasteiger partial charge on any atom is -0.480 e. The van der Waals surface area contributed by atoms with Crippen molar-refractivity contribution in [2.24, 2.45) is 5.92 Å². The van der Waals surface area contributed by atoms with E-state index < -0.39 is 12.1 Å². The van der Waals surface area contributed by atoms with Gasteiger partial charge < -0.3 is 15.2 Å². The monoisotopic (exact) mass is 495 g/mol. The minimum atomic E-state index is -5.08. The number of carboxylic acids is 1. The lowest BCUT2D eigenvalue weighted by atomic mass is 9.96. The molecule has 35 heavy (non-hydrogen) atoms. The van der Waals surface area contributed by atoms with Crippen LogP contribution in [0, 0.1) is 12.8 Å². The number of halogens is 3. The number of pyridine rings is 1. The average Bonchev–Trinajstić information content (AvgIpc) is 2.83. The summed E-state index contributed by atoms with van der Waals surface area (Å²) in [5.41, 5.74) is 2.37. The summed E-state index contributed by atoms with van der Waals surface area (Å²) in [7, 11) is 1.51. The Bertz CT molecular complexity index is 1000. The summed E-state index contributed by atoms with van der Waals surface area (Å²) in [6, 6.07) is 11.2. The van der Waals surface area contributed by atoms with Crippen LogP contribution >= 0.6 is 0 Å². The van der Waals surface area contributed by atoms with Crippen molar-refractivity contribution in [1.82, 2.24) is 15.2 Å². The molecule has 190 valence electrons. The van der Waals surface area contributed by atoms with Crippen LogP contribution in [0.5, 0.6) is 5.88 Å². The van der Waals surface area contributed by atoms with Crippen LogP contribution in [0.1, 0.15) is 39.1 Å². The number of carbonyl (C=O) groups excluding carboxylic acids is 2. The van der Waals surface area contributed by atoms with Crippen LogP contribution in [0.3, 0.4) is 0 Å². The van der Waals surface area contributed by atoms with Crippen molar-refractivity contribution in [2.45, 2.75) is 25.9 Å².